The molecule has 0 spiro atoms. The second kappa shape index (κ2) is 9.87. The van der Waals surface area contributed by atoms with Gasteiger partial charge in [0.25, 0.3) is 5.91 Å². The Bertz CT molecular complexity index is 1770. The number of thiophene rings is 1. The van der Waals surface area contributed by atoms with Crippen molar-refractivity contribution in [3.8, 4) is 22.6 Å². The molecule has 3 aromatic carbocycles. The minimum Gasteiger partial charge on any atom is -0.266 e. The number of hydrogen-bond acceptors (Lipinski definition) is 5. The first-order valence-corrected chi connectivity index (χ1v) is 12.7. The number of para-hydroxylation sites is 2. The third kappa shape index (κ3) is 4.51. The Morgan fingerprint density at radius 1 is 0.947 bits per heavy atom. The van der Waals surface area contributed by atoms with E-state index in [-0.39, 0.29) is 11.7 Å². The minimum absolute atomic E-state index is 0.319. The Hall–Kier alpha value is -4.89. The molecular formula is C29H21FN6OS. The van der Waals surface area contributed by atoms with Crippen molar-refractivity contribution in [2.45, 2.75) is 6.92 Å². The van der Waals surface area contributed by atoms with Crippen molar-refractivity contribution in [2.75, 3.05) is 0 Å². The number of rotatable bonds is 6. The Labute approximate surface area is 221 Å². The summed E-state index contributed by atoms with van der Waals surface area (Å²) in [5, 5.41) is 14.5. The fraction of sp³-hybridized carbons (Fsp3) is 0.0345. The zero-order valence-corrected chi connectivity index (χ0v) is 21.1. The van der Waals surface area contributed by atoms with Crippen LogP contribution in [0.5, 0.6) is 0 Å². The summed E-state index contributed by atoms with van der Waals surface area (Å²) >= 11 is 1.36. The molecule has 1 N–H and O–H groups in total. The number of carbonyl (C=O) groups is 1. The third-order valence-corrected chi connectivity index (χ3v) is 7.13. The molecule has 0 saturated carbocycles. The Morgan fingerprint density at radius 3 is 2.34 bits per heavy atom. The standard InChI is InChI=1S/C29H21FN6OS/c1-19-25-16-26(38-29(25)36(33-19)24-10-6-3-7-11-24)28(37)32-31-17-21-18-35(23-8-4-2-5-9-23)34-27(21)20-12-14-22(30)15-13-20/h2-18H,1H3,(H,32,37)/b31-17+. The van der Waals surface area contributed by atoms with E-state index in [0.29, 0.717) is 16.1 Å². The summed E-state index contributed by atoms with van der Waals surface area (Å²) in [6.45, 7) is 1.93. The summed E-state index contributed by atoms with van der Waals surface area (Å²) in [4.78, 5) is 14.4. The van der Waals surface area contributed by atoms with Gasteiger partial charge in [0, 0.05) is 22.7 Å². The number of benzene rings is 3. The van der Waals surface area contributed by atoms with Gasteiger partial charge in [0.1, 0.15) is 16.3 Å². The average Bonchev–Trinajstić information content (AvgIpc) is 3.65. The molecule has 3 heterocycles. The van der Waals surface area contributed by atoms with Gasteiger partial charge in [-0.25, -0.2) is 19.2 Å². The summed E-state index contributed by atoms with van der Waals surface area (Å²) in [6.07, 6.45) is 3.37. The number of fused-ring (bicyclic) bond motifs is 1. The molecular weight excluding hydrogens is 499 g/mol. The van der Waals surface area contributed by atoms with Gasteiger partial charge in [0.05, 0.1) is 28.2 Å². The highest BCUT2D eigenvalue weighted by molar-refractivity contribution is 7.20. The average molecular weight is 521 g/mol. The number of carbonyl (C=O) groups excluding carboxylic acids is 1. The first-order valence-electron chi connectivity index (χ1n) is 11.9. The second-order valence-corrected chi connectivity index (χ2v) is 9.61. The predicted molar refractivity (Wildman–Crippen MR) is 148 cm³/mol. The number of hydrazone groups is 1. The van der Waals surface area contributed by atoms with Crippen molar-refractivity contribution in [3.05, 3.63) is 119 Å². The zero-order valence-electron chi connectivity index (χ0n) is 20.2. The van der Waals surface area contributed by atoms with Crippen LogP contribution in [-0.4, -0.2) is 31.7 Å². The quantitative estimate of drug-likeness (QED) is 0.211. The Balaban J connectivity index is 1.28. The van der Waals surface area contributed by atoms with Gasteiger partial charge in [0.15, 0.2) is 0 Å². The van der Waals surface area contributed by atoms with Crippen LogP contribution in [0.4, 0.5) is 4.39 Å². The molecule has 38 heavy (non-hydrogen) atoms. The fourth-order valence-corrected chi connectivity index (χ4v) is 5.22. The molecule has 0 fully saturated rings. The number of aryl methyl sites for hydroxylation is 1. The minimum atomic E-state index is -0.326. The molecule has 186 valence electrons. The second-order valence-electron chi connectivity index (χ2n) is 8.58. The summed E-state index contributed by atoms with van der Waals surface area (Å²) in [5.74, 6) is -0.645. The van der Waals surface area contributed by atoms with Crippen molar-refractivity contribution in [1.29, 1.82) is 0 Å². The lowest BCUT2D eigenvalue weighted by atomic mass is 10.1. The lowest BCUT2D eigenvalue weighted by Gasteiger charge is -2.01. The van der Waals surface area contributed by atoms with Crippen molar-refractivity contribution in [2.24, 2.45) is 5.10 Å². The van der Waals surface area contributed by atoms with Crippen LogP contribution in [-0.2, 0) is 0 Å². The van der Waals surface area contributed by atoms with Crippen LogP contribution in [0.15, 0.2) is 102 Å². The molecule has 7 nitrogen and oxygen atoms in total. The molecule has 0 atom stereocenters. The van der Waals surface area contributed by atoms with E-state index in [4.69, 9.17) is 0 Å². The van der Waals surface area contributed by atoms with Crippen LogP contribution in [0, 0.1) is 12.7 Å². The van der Waals surface area contributed by atoms with Gasteiger partial charge >= 0.3 is 0 Å². The van der Waals surface area contributed by atoms with Crippen molar-refractivity contribution >= 4 is 33.7 Å². The Kier molecular flexibility index (Phi) is 6.11. The van der Waals surface area contributed by atoms with Gasteiger partial charge in [-0.15, -0.1) is 11.3 Å². The number of hydrogen-bond donors (Lipinski definition) is 1. The number of halogens is 1. The van der Waals surface area contributed by atoms with Crippen LogP contribution >= 0.6 is 11.3 Å². The van der Waals surface area contributed by atoms with Crippen LogP contribution in [0.1, 0.15) is 20.9 Å². The highest BCUT2D eigenvalue weighted by Gasteiger charge is 2.17. The highest BCUT2D eigenvalue weighted by Crippen LogP contribution is 2.30. The highest BCUT2D eigenvalue weighted by atomic mass is 32.1. The van der Waals surface area contributed by atoms with E-state index in [9.17, 15) is 9.18 Å². The van der Waals surface area contributed by atoms with Gasteiger partial charge < -0.3 is 0 Å². The van der Waals surface area contributed by atoms with Crippen LogP contribution in [0.25, 0.3) is 32.8 Å². The van der Waals surface area contributed by atoms with Crippen LogP contribution in [0.3, 0.4) is 0 Å². The molecule has 3 aromatic heterocycles. The molecule has 0 saturated heterocycles. The predicted octanol–water partition coefficient (Wildman–Crippen LogP) is 6.15. The maximum Gasteiger partial charge on any atom is 0.281 e. The van der Waals surface area contributed by atoms with Gasteiger partial charge in [-0.2, -0.15) is 15.3 Å². The van der Waals surface area contributed by atoms with Crippen LogP contribution < -0.4 is 5.43 Å². The van der Waals surface area contributed by atoms with Crippen molar-refractivity contribution in [3.63, 3.8) is 0 Å². The summed E-state index contributed by atoms with van der Waals surface area (Å²) in [5.41, 5.74) is 7.30. The molecule has 0 radical (unpaired) electrons. The largest absolute Gasteiger partial charge is 0.281 e. The van der Waals surface area contributed by atoms with E-state index in [1.807, 2.05) is 84.5 Å². The van der Waals surface area contributed by atoms with Gasteiger partial charge in [-0.1, -0.05) is 36.4 Å². The monoisotopic (exact) mass is 520 g/mol. The summed E-state index contributed by atoms with van der Waals surface area (Å²) in [7, 11) is 0. The summed E-state index contributed by atoms with van der Waals surface area (Å²) < 4.78 is 17.1. The molecule has 6 rings (SSSR count). The van der Waals surface area contributed by atoms with E-state index in [1.165, 1.54) is 23.5 Å². The molecule has 0 bridgehead atoms. The lowest BCUT2D eigenvalue weighted by molar-refractivity contribution is 0.0959. The lowest BCUT2D eigenvalue weighted by Crippen LogP contribution is -2.16. The first-order chi connectivity index (χ1) is 18.6. The molecule has 0 aliphatic rings. The SMILES string of the molecule is Cc1nn(-c2ccccc2)c2sc(C(=O)N/N=C/c3cn(-c4ccccc4)nc3-c3ccc(F)cc3)cc12. The number of nitrogens with one attached hydrogen (secondary N) is 1. The molecule has 6 aromatic rings. The maximum atomic E-state index is 13.5. The van der Waals surface area contributed by atoms with Gasteiger partial charge in [-0.05, 0) is 61.5 Å². The molecule has 0 aliphatic heterocycles. The molecule has 0 aliphatic carbocycles. The smallest absolute Gasteiger partial charge is 0.266 e. The normalized spacial score (nSPS) is 11.4. The van der Waals surface area contributed by atoms with Crippen LogP contribution in [0.2, 0.25) is 0 Å². The zero-order chi connectivity index (χ0) is 26.1. The molecule has 9 heteroatoms. The fourth-order valence-electron chi connectivity index (χ4n) is 4.15. The number of aromatic nitrogens is 4. The van der Waals surface area contributed by atoms with E-state index in [0.717, 1.165) is 32.8 Å². The molecule has 1 amide bonds. The molecule has 0 unspecified atom stereocenters. The first kappa shape index (κ1) is 23.5. The van der Waals surface area contributed by atoms with E-state index < -0.39 is 0 Å². The van der Waals surface area contributed by atoms with Crippen molar-refractivity contribution < 1.29 is 9.18 Å². The third-order valence-electron chi connectivity index (χ3n) is 6.02. The number of nitrogens with zero attached hydrogens (tertiary/aromatic N) is 5. The number of amides is 1. The van der Waals surface area contributed by atoms with E-state index in [1.54, 1.807) is 23.0 Å². The topological polar surface area (TPSA) is 77.1 Å². The van der Waals surface area contributed by atoms with Crippen molar-refractivity contribution in [1.82, 2.24) is 25.0 Å². The Morgan fingerprint density at radius 2 is 1.63 bits per heavy atom. The van der Waals surface area contributed by atoms with Gasteiger partial charge in [-0.3, -0.25) is 4.79 Å². The maximum absolute atomic E-state index is 13.5. The van der Waals surface area contributed by atoms with E-state index in [2.05, 4.69) is 20.7 Å². The summed E-state index contributed by atoms with van der Waals surface area (Å²) in [6, 6.07) is 27.4. The van der Waals surface area contributed by atoms with Gasteiger partial charge in [0.2, 0.25) is 0 Å². The van der Waals surface area contributed by atoms with E-state index >= 15 is 0 Å².